The van der Waals surface area contributed by atoms with Gasteiger partial charge in [-0.25, -0.2) is 0 Å². The van der Waals surface area contributed by atoms with Crippen molar-refractivity contribution < 1.29 is 4.79 Å². The Labute approximate surface area is 123 Å². The summed E-state index contributed by atoms with van der Waals surface area (Å²) < 4.78 is 0.840. The number of nitrogens with zero attached hydrogens (tertiary/aromatic N) is 1. The molecule has 1 heterocycles. The molecule has 1 aromatic rings. The Balaban J connectivity index is 2.22. The van der Waals surface area contributed by atoms with Crippen LogP contribution < -0.4 is 5.73 Å². The first-order valence-electron chi connectivity index (χ1n) is 6.99. The lowest BCUT2D eigenvalue weighted by molar-refractivity contribution is 0.0678. The van der Waals surface area contributed by atoms with Crippen molar-refractivity contribution in [3.05, 3.63) is 28.2 Å². The molecule has 1 aliphatic rings. The first-order chi connectivity index (χ1) is 9.13. The minimum absolute atomic E-state index is 0.118. The van der Waals surface area contributed by atoms with Crippen LogP contribution in [0.5, 0.6) is 0 Å². The van der Waals surface area contributed by atoms with Gasteiger partial charge < -0.3 is 10.6 Å². The van der Waals surface area contributed by atoms with Gasteiger partial charge in [0.2, 0.25) is 0 Å². The molecule has 19 heavy (non-hydrogen) atoms. The van der Waals surface area contributed by atoms with Crippen molar-refractivity contribution in [1.82, 2.24) is 4.90 Å². The Morgan fingerprint density at radius 3 is 2.89 bits per heavy atom. The summed E-state index contributed by atoms with van der Waals surface area (Å²) in [5, 5.41) is 0. The topological polar surface area (TPSA) is 46.3 Å². The number of likely N-dealkylation sites (tertiary alicyclic amines) is 1. The van der Waals surface area contributed by atoms with Crippen LogP contribution in [0.2, 0.25) is 0 Å². The maximum Gasteiger partial charge on any atom is 0.254 e. The molecule has 0 saturated carbocycles. The highest BCUT2D eigenvalue weighted by Gasteiger charge is 2.25. The number of carbonyl (C=O) groups excluding carboxylic acids is 1. The van der Waals surface area contributed by atoms with Crippen LogP contribution in [0.4, 0.5) is 5.69 Å². The van der Waals surface area contributed by atoms with Crippen molar-refractivity contribution in [3.63, 3.8) is 0 Å². The van der Waals surface area contributed by atoms with Gasteiger partial charge in [-0.3, -0.25) is 4.79 Å². The molecule has 0 radical (unpaired) electrons. The number of rotatable bonds is 2. The smallest absolute Gasteiger partial charge is 0.254 e. The van der Waals surface area contributed by atoms with Crippen LogP contribution in [-0.4, -0.2) is 23.4 Å². The average Bonchev–Trinajstić information content (AvgIpc) is 2.66. The van der Waals surface area contributed by atoms with Gasteiger partial charge in [0.1, 0.15) is 0 Å². The lowest BCUT2D eigenvalue weighted by Gasteiger charge is -2.29. The number of amides is 1. The largest absolute Gasteiger partial charge is 0.398 e. The van der Waals surface area contributed by atoms with Crippen molar-refractivity contribution >= 4 is 27.5 Å². The molecule has 1 unspecified atom stereocenters. The van der Waals surface area contributed by atoms with Gasteiger partial charge in [-0.15, -0.1) is 0 Å². The molecule has 0 bridgehead atoms. The molecule has 1 atom stereocenters. The zero-order chi connectivity index (χ0) is 13.8. The monoisotopic (exact) mass is 324 g/mol. The second kappa shape index (κ2) is 6.42. The Kier molecular flexibility index (Phi) is 4.86. The predicted octanol–water partition coefficient (Wildman–Crippen LogP) is 3.83. The van der Waals surface area contributed by atoms with Gasteiger partial charge in [0.25, 0.3) is 5.91 Å². The number of benzene rings is 1. The second-order valence-electron chi connectivity index (χ2n) is 5.15. The van der Waals surface area contributed by atoms with Gasteiger partial charge in [-0.2, -0.15) is 0 Å². The Morgan fingerprint density at radius 1 is 1.42 bits per heavy atom. The molecule has 0 spiro atoms. The van der Waals surface area contributed by atoms with E-state index in [2.05, 4.69) is 22.9 Å². The van der Waals surface area contributed by atoms with E-state index in [-0.39, 0.29) is 5.91 Å². The van der Waals surface area contributed by atoms with Crippen molar-refractivity contribution in [2.75, 3.05) is 12.3 Å². The van der Waals surface area contributed by atoms with Gasteiger partial charge >= 0.3 is 0 Å². The fourth-order valence-corrected chi connectivity index (χ4v) is 2.96. The average molecular weight is 325 g/mol. The molecule has 1 saturated heterocycles. The first kappa shape index (κ1) is 14.4. The van der Waals surface area contributed by atoms with Crippen LogP contribution in [0, 0.1) is 0 Å². The van der Waals surface area contributed by atoms with Gasteiger partial charge in [-0.1, -0.05) is 19.8 Å². The van der Waals surface area contributed by atoms with Crippen LogP contribution in [0.15, 0.2) is 22.7 Å². The summed E-state index contributed by atoms with van der Waals surface area (Å²) in [6.07, 6.45) is 5.70. The Bertz CT molecular complexity index is 461. The van der Waals surface area contributed by atoms with Crippen molar-refractivity contribution in [2.45, 2.75) is 45.1 Å². The maximum absolute atomic E-state index is 12.6. The zero-order valence-corrected chi connectivity index (χ0v) is 12.9. The zero-order valence-electron chi connectivity index (χ0n) is 11.4. The summed E-state index contributed by atoms with van der Waals surface area (Å²) in [4.78, 5) is 14.7. The second-order valence-corrected chi connectivity index (χ2v) is 6.00. The standard InChI is InChI=1S/C15H21BrN2O/c1-2-12-6-4-3-5-9-18(12)15(19)11-7-8-13(16)14(17)10-11/h7-8,10,12H,2-6,9,17H2,1H3. The highest BCUT2D eigenvalue weighted by Crippen LogP contribution is 2.24. The highest BCUT2D eigenvalue weighted by atomic mass is 79.9. The van der Waals surface area contributed by atoms with Gasteiger partial charge in [-0.05, 0) is 53.4 Å². The van der Waals surface area contributed by atoms with E-state index in [1.807, 2.05) is 17.0 Å². The van der Waals surface area contributed by atoms with Crippen LogP contribution in [0.25, 0.3) is 0 Å². The molecule has 1 aliphatic heterocycles. The van der Waals surface area contributed by atoms with Crippen LogP contribution in [0.3, 0.4) is 0 Å². The van der Waals surface area contributed by atoms with Gasteiger partial charge in [0, 0.05) is 28.3 Å². The van der Waals surface area contributed by atoms with E-state index in [0.29, 0.717) is 17.3 Å². The van der Waals surface area contributed by atoms with E-state index in [9.17, 15) is 4.79 Å². The quantitative estimate of drug-likeness (QED) is 0.840. The van der Waals surface area contributed by atoms with E-state index in [4.69, 9.17) is 5.73 Å². The molecule has 1 fully saturated rings. The molecular formula is C15H21BrN2O. The molecule has 1 aromatic carbocycles. The third kappa shape index (κ3) is 3.30. The van der Waals surface area contributed by atoms with E-state index in [1.54, 1.807) is 6.07 Å². The van der Waals surface area contributed by atoms with Crippen LogP contribution in [0.1, 0.15) is 49.4 Å². The third-order valence-electron chi connectivity index (χ3n) is 3.85. The minimum atomic E-state index is 0.118. The van der Waals surface area contributed by atoms with Crippen molar-refractivity contribution in [2.24, 2.45) is 0 Å². The van der Waals surface area contributed by atoms with E-state index >= 15 is 0 Å². The molecule has 4 heteroatoms. The Morgan fingerprint density at radius 2 is 2.21 bits per heavy atom. The van der Waals surface area contributed by atoms with Crippen molar-refractivity contribution in [3.8, 4) is 0 Å². The van der Waals surface area contributed by atoms with E-state index in [0.717, 1.165) is 30.3 Å². The van der Waals surface area contributed by atoms with Crippen LogP contribution >= 0.6 is 15.9 Å². The molecule has 3 nitrogen and oxygen atoms in total. The number of nitrogen functional groups attached to an aromatic ring is 1. The maximum atomic E-state index is 12.6. The first-order valence-corrected chi connectivity index (χ1v) is 7.78. The molecule has 104 valence electrons. The summed E-state index contributed by atoms with van der Waals surface area (Å²) in [5.74, 6) is 0.118. The SMILES string of the molecule is CCC1CCCCCN1C(=O)c1ccc(Br)c(N)c1. The highest BCUT2D eigenvalue weighted by molar-refractivity contribution is 9.10. The summed E-state index contributed by atoms with van der Waals surface area (Å²) in [6, 6.07) is 5.84. The number of hydrogen-bond donors (Lipinski definition) is 1. The number of halogens is 1. The third-order valence-corrected chi connectivity index (χ3v) is 4.57. The lowest BCUT2D eigenvalue weighted by atomic mass is 10.1. The fraction of sp³-hybridized carbons (Fsp3) is 0.533. The summed E-state index contributed by atoms with van der Waals surface area (Å²) in [7, 11) is 0. The lowest BCUT2D eigenvalue weighted by Crippen LogP contribution is -2.39. The summed E-state index contributed by atoms with van der Waals surface area (Å²) in [6.45, 7) is 3.03. The van der Waals surface area contributed by atoms with E-state index in [1.165, 1.54) is 12.8 Å². The minimum Gasteiger partial charge on any atom is -0.398 e. The molecular weight excluding hydrogens is 304 g/mol. The molecule has 2 N–H and O–H groups in total. The summed E-state index contributed by atoms with van der Waals surface area (Å²) >= 11 is 3.36. The van der Waals surface area contributed by atoms with Gasteiger partial charge in [0.15, 0.2) is 0 Å². The fourth-order valence-electron chi connectivity index (χ4n) is 2.71. The molecule has 2 rings (SSSR count). The van der Waals surface area contributed by atoms with E-state index < -0.39 is 0 Å². The van der Waals surface area contributed by atoms with Crippen LogP contribution in [-0.2, 0) is 0 Å². The normalized spacial score (nSPS) is 20.1. The summed E-state index contributed by atoms with van der Waals surface area (Å²) in [5.41, 5.74) is 7.18. The van der Waals surface area contributed by atoms with Gasteiger partial charge in [0.05, 0.1) is 0 Å². The number of hydrogen-bond acceptors (Lipinski definition) is 2. The number of carbonyl (C=O) groups is 1. The number of anilines is 1. The predicted molar refractivity (Wildman–Crippen MR) is 82.1 cm³/mol. The number of nitrogens with two attached hydrogens (primary N) is 1. The Hall–Kier alpha value is -1.03. The molecule has 1 amide bonds. The van der Waals surface area contributed by atoms with Crippen molar-refractivity contribution in [1.29, 1.82) is 0 Å². The molecule has 0 aromatic heterocycles. The molecule has 0 aliphatic carbocycles.